The molecule has 0 bridgehead atoms. The molecule has 1 saturated carbocycles. The first-order valence-electron chi connectivity index (χ1n) is 12.3. The predicted molar refractivity (Wildman–Crippen MR) is 149 cm³/mol. The first kappa shape index (κ1) is 36.2. The van der Waals surface area contributed by atoms with Crippen molar-refractivity contribution < 1.29 is 39.2 Å². The van der Waals surface area contributed by atoms with Gasteiger partial charge in [-0.1, -0.05) is 82.3 Å². The summed E-state index contributed by atoms with van der Waals surface area (Å²) in [5.41, 5.74) is 2.35. The molecule has 8 heteroatoms. The standard InChI is InChI=1S/C11H12O2.C10H16O2.C5H8O2.C4H6O2/c1-9(2)11(12)13-8-10-6-4-3-5-7-10;1-8(10(11)12)7-9-5-3-2-4-6-9;1-3-4(2)5(6)7;1-3(2)4(5)6/h3-7H,1,8H2,2H3;7,9H,2-6H2,1H3,(H,11,12);2-3H2,1H3,(H,6,7);1H2,2H3,(H,5,6). The van der Waals surface area contributed by atoms with Crippen molar-refractivity contribution in [3.8, 4) is 0 Å². The fourth-order valence-electron chi connectivity index (χ4n) is 2.72. The third-order valence-corrected chi connectivity index (χ3v) is 5.13. The number of rotatable bonds is 8. The molecule has 1 aromatic rings. The van der Waals surface area contributed by atoms with Gasteiger partial charge in [-0.05, 0) is 51.5 Å². The van der Waals surface area contributed by atoms with E-state index in [0.29, 0.717) is 30.1 Å². The van der Waals surface area contributed by atoms with Crippen LogP contribution in [0.15, 0.2) is 78.4 Å². The van der Waals surface area contributed by atoms with Crippen molar-refractivity contribution in [3.63, 3.8) is 0 Å². The molecule has 0 radical (unpaired) electrons. The maximum Gasteiger partial charge on any atom is 0.333 e. The molecule has 1 aromatic carbocycles. The lowest BCUT2D eigenvalue weighted by molar-refractivity contribution is -0.140. The molecule has 0 spiro atoms. The molecule has 0 atom stereocenters. The highest BCUT2D eigenvalue weighted by molar-refractivity contribution is 5.87. The van der Waals surface area contributed by atoms with E-state index in [4.69, 9.17) is 20.1 Å². The smallest absolute Gasteiger partial charge is 0.333 e. The van der Waals surface area contributed by atoms with E-state index < -0.39 is 17.9 Å². The summed E-state index contributed by atoms with van der Waals surface area (Å²) >= 11 is 0. The monoisotopic (exact) mass is 530 g/mol. The third-order valence-electron chi connectivity index (χ3n) is 5.13. The number of carboxylic acid groups (broad SMARTS) is 3. The Bertz CT molecular complexity index is 955. The lowest BCUT2D eigenvalue weighted by Crippen LogP contribution is -2.06. The summed E-state index contributed by atoms with van der Waals surface area (Å²) in [7, 11) is 0. The van der Waals surface area contributed by atoms with Crippen LogP contribution in [0, 0.1) is 5.92 Å². The van der Waals surface area contributed by atoms with Crippen LogP contribution in [-0.2, 0) is 30.5 Å². The van der Waals surface area contributed by atoms with E-state index in [0.717, 1.165) is 5.56 Å². The van der Waals surface area contributed by atoms with E-state index in [2.05, 4.69) is 19.7 Å². The second kappa shape index (κ2) is 21.2. The minimum atomic E-state index is -0.935. The average molecular weight is 531 g/mol. The Morgan fingerprint density at radius 1 is 0.842 bits per heavy atom. The number of ether oxygens (including phenoxy) is 1. The summed E-state index contributed by atoms with van der Waals surface area (Å²) in [5.74, 6) is -2.43. The van der Waals surface area contributed by atoms with Gasteiger partial charge in [0.2, 0.25) is 0 Å². The van der Waals surface area contributed by atoms with E-state index in [9.17, 15) is 19.2 Å². The molecule has 38 heavy (non-hydrogen) atoms. The zero-order chi connectivity index (χ0) is 29.7. The number of esters is 1. The molecule has 1 aliphatic carbocycles. The zero-order valence-corrected chi connectivity index (χ0v) is 23.0. The van der Waals surface area contributed by atoms with Crippen LogP contribution in [0.2, 0.25) is 0 Å². The number of hydrogen-bond acceptors (Lipinski definition) is 5. The maximum atomic E-state index is 11.0. The van der Waals surface area contributed by atoms with Crippen molar-refractivity contribution in [1.29, 1.82) is 0 Å². The first-order valence-corrected chi connectivity index (χ1v) is 12.3. The van der Waals surface area contributed by atoms with Gasteiger partial charge in [0.1, 0.15) is 6.61 Å². The SMILES string of the molecule is C=C(C)C(=O)O.C=C(C)C(=O)OCc1ccccc1.C=C(CC)C(=O)O.CC(=CC1CCCCC1)C(=O)O. The maximum absolute atomic E-state index is 11.0. The second-order valence-corrected chi connectivity index (χ2v) is 8.74. The van der Waals surface area contributed by atoms with Gasteiger partial charge < -0.3 is 20.1 Å². The summed E-state index contributed by atoms with van der Waals surface area (Å²) in [5, 5.41) is 24.6. The molecule has 0 aromatic heterocycles. The van der Waals surface area contributed by atoms with Gasteiger partial charge in [-0.25, -0.2) is 19.2 Å². The molecule has 0 saturated heterocycles. The van der Waals surface area contributed by atoms with Crippen molar-refractivity contribution >= 4 is 23.9 Å². The molecule has 210 valence electrons. The minimum absolute atomic E-state index is 0.176. The van der Waals surface area contributed by atoms with Gasteiger partial charge in [0.05, 0.1) is 0 Å². The minimum Gasteiger partial charge on any atom is -0.478 e. The topological polar surface area (TPSA) is 138 Å². The Morgan fingerprint density at radius 2 is 1.34 bits per heavy atom. The highest BCUT2D eigenvalue weighted by Gasteiger charge is 2.12. The number of carbonyl (C=O) groups is 4. The summed E-state index contributed by atoms with van der Waals surface area (Å²) in [6.07, 6.45) is 8.62. The average Bonchev–Trinajstić information content (AvgIpc) is 2.88. The summed E-state index contributed by atoms with van der Waals surface area (Å²) < 4.78 is 4.95. The van der Waals surface area contributed by atoms with E-state index in [-0.39, 0.29) is 17.1 Å². The van der Waals surface area contributed by atoms with Gasteiger partial charge >= 0.3 is 23.9 Å². The molecule has 0 amide bonds. The predicted octanol–water partition coefficient (Wildman–Crippen LogP) is 6.59. The number of hydrogen-bond donors (Lipinski definition) is 3. The van der Waals surface area contributed by atoms with Gasteiger partial charge in [0.25, 0.3) is 0 Å². The van der Waals surface area contributed by atoms with E-state index in [1.54, 1.807) is 20.8 Å². The summed E-state index contributed by atoms with van der Waals surface area (Å²) in [4.78, 5) is 40.9. The molecular weight excluding hydrogens is 488 g/mol. The van der Waals surface area contributed by atoms with Gasteiger partial charge in [-0.15, -0.1) is 0 Å². The van der Waals surface area contributed by atoms with Crippen LogP contribution in [0.3, 0.4) is 0 Å². The molecule has 0 unspecified atom stereocenters. The van der Waals surface area contributed by atoms with Crippen LogP contribution < -0.4 is 0 Å². The molecule has 1 aliphatic rings. The van der Waals surface area contributed by atoms with Crippen LogP contribution >= 0.6 is 0 Å². The normalized spacial score (nSPS) is 12.5. The molecule has 0 aliphatic heterocycles. The Labute approximate surface area is 226 Å². The molecule has 1 fully saturated rings. The van der Waals surface area contributed by atoms with Gasteiger partial charge in [0, 0.05) is 22.3 Å². The van der Waals surface area contributed by atoms with Crippen LogP contribution in [0.5, 0.6) is 0 Å². The Balaban J connectivity index is 0. The molecule has 0 heterocycles. The van der Waals surface area contributed by atoms with E-state index in [1.165, 1.54) is 39.0 Å². The van der Waals surface area contributed by atoms with Crippen molar-refractivity contribution in [2.45, 2.75) is 72.8 Å². The highest BCUT2D eigenvalue weighted by atomic mass is 16.5. The van der Waals surface area contributed by atoms with E-state index in [1.807, 2.05) is 36.4 Å². The van der Waals surface area contributed by atoms with Crippen LogP contribution in [-0.4, -0.2) is 39.2 Å². The van der Waals surface area contributed by atoms with Gasteiger partial charge in [-0.3, -0.25) is 0 Å². The highest BCUT2D eigenvalue weighted by Crippen LogP contribution is 2.25. The number of benzene rings is 1. The Kier molecular flexibility index (Phi) is 20.2. The zero-order valence-electron chi connectivity index (χ0n) is 23.0. The lowest BCUT2D eigenvalue weighted by Gasteiger charge is -2.18. The number of allylic oxidation sites excluding steroid dienone is 1. The lowest BCUT2D eigenvalue weighted by atomic mass is 9.88. The van der Waals surface area contributed by atoms with Crippen LogP contribution in [0.1, 0.15) is 71.8 Å². The summed E-state index contributed by atoms with van der Waals surface area (Å²) in [6.45, 7) is 16.7. The van der Waals surface area contributed by atoms with Crippen LogP contribution in [0.25, 0.3) is 0 Å². The quantitative estimate of drug-likeness (QED) is 0.253. The molecule has 8 nitrogen and oxygen atoms in total. The second-order valence-electron chi connectivity index (χ2n) is 8.74. The van der Waals surface area contributed by atoms with Gasteiger partial charge in [0.15, 0.2) is 0 Å². The fourth-order valence-corrected chi connectivity index (χ4v) is 2.72. The molecule has 2 rings (SSSR count). The molecular formula is C30H42O8. The van der Waals surface area contributed by atoms with Crippen molar-refractivity contribution in [3.05, 3.63) is 84.0 Å². The molecule has 3 N–H and O–H groups in total. The Morgan fingerprint density at radius 3 is 1.68 bits per heavy atom. The van der Waals surface area contributed by atoms with E-state index >= 15 is 0 Å². The van der Waals surface area contributed by atoms with Crippen molar-refractivity contribution in [2.24, 2.45) is 5.92 Å². The van der Waals surface area contributed by atoms with Crippen molar-refractivity contribution in [2.75, 3.05) is 0 Å². The summed E-state index contributed by atoms with van der Waals surface area (Å²) in [6, 6.07) is 9.55. The third kappa shape index (κ3) is 20.3. The fraction of sp³-hybridized carbons (Fsp3) is 0.400. The number of carboxylic acids is 3. The van der Waals surface area contributed by atoms with Gasteiger partial charge in [-0.2, -0.15) is 0 Å². The van der Waals surface area contributed by atoms with Crippen LogP contribution in [0.4, 0.5) is 0 Å². The Hall–Kier alpha value is -3.94. The number of aliphatic carboxylic acids is 3. The van der Waals surface area contributed by atoms with Crippen molar-refractivity contribution in [1.82, 2.24) is 0 Å². The first-order chi connectivity index (χ1) is 17.7. The largest absolute Gasteiger partial charge is 0.478 e. The number of carbonyl (C=O) groups excluding carboxylic acids is 1.